The zero-order chi connectivity index (χ0) is 8.43. The van der Waals surface area contributed by atoms with Gasteiger partial charge >= 0.3 is 0 Å². The van der Waals surface area contributed by atoms with Gasteiger partial charge in [0.2, 0.25) is 0 Å². The van der Waals surface area contributed by atoms with E-state index in [9.17, 15) is 0 Å². The topological polar surface area (TPSA) is 23.8 Å². The van der Waals surface area contributed by atoms with E-state index in [0.717, 1.165) is 12.0 Å². The Morgan fingerprint density at radius 2 is 2.18 bits per heavy atom. The van der Waals surface area contributed by atoms with E-state index in [-0.39, 0.29) is 0 Å². The average molecular weight is 149 g/mol. The SMILES string of the molecule is CC(C)C1=C(C#N)CCC1C. The predicted octanol–water partition coefficient (Wildman–Crippen LogP) is 2.89. The quantitative estimate of drug-likeness (QED) is 0.562. The molecule has 1 heteroatoms. The molecule has 0 fully saturated rings. The van der Waals surface area contributed by atoms with Crippen LogP contribution in [-0.2, 0) is 0 Å². The fourth-order valence-electron chi connectivity index (χ4n) is 2.00. The molecule has 11 heavy (non-hydrogen) atoms. The number of hydrogen-bond donors (Lipinski definition) is 0. The van der Waals surface area contributed by atoms with E-state index >= 15 is 0 Å². The van der Waals surface area contributed by atoms with Gasteiger partial charge in [-0.2, -0.15) is 5.26 Å². The third-order valence-corrected chi connectivity index (χ3v) is 2.46. The van der Waals surface area contributed by atoms with Crippen LogP contribution in [0.3, 0.4) is 0 Å². The largest absolute Gasteiger partial charge is 0.193 e. The summed E-state index contributed by atoms with van der Waals surface area (Å²) in [4.78, 5) is 0. The van der Waals surface area contributed by atoms with Crippen molar-refractivity contribution in [2.24, 2.45) is 11.8 Å². The molecule has 0 spiro atoms. The first kappa shape index (κ1) is 8.33. The highest BCUT2D eigenvalue weighted by molar-refractivity contribution is 5.34. The molecule has 1 aliphatic carbocycles. The average Bonchev–Trinajstić information content (AvgIpc) is 2.30. The van der Waals surface area contributed by atoms with Crippen LogP contribution in [0, 0.1) is 23.2 Å². The van der Waals surface area contributed by atoms with Crippen molar-refractivity contribution in [1.82, 2.24) is 0 Å². The first-order valence-electron chi connectivity index (χ1n) is 4.29. The first-order chi connectivity index (χ1) is 5.16. The van der Waals surface area contributed by atoms with Gasteiger partial charge in [0.25, 0.3) is 0 Å². The molecule has 0 aliphatic heterocycles. The van der Waals surface area contributed by atoms with E-state index in [1.165, 1.54) is 12.0 Å². The van der Waals surface area contributed by atoms with E-state index in [1.54, 1.807) is 0 Å². The lowest BCUT2D eigenvalue weighted by Crippen LogP contribution is -2.01. The molecule has 0 N–H and O–H groups in total. The zero-order valence-electron chi connectivity index (χ0n) is 7.52. The number of nitriles is 1. The van der Waals surface area contributed by atoms with Crippen molar-refractivity contribution in [3.05, 3.63) is 11.1 Å². The Morgan fingerprint density at radius 1 is 1.55 bits per heavy atom. The van der Waals surface area contributed by atoms with E-state index in [4.69, 9.17) is 5.26 Å². The molecule has 0 bridgehead atoms. The van der Waals surface area contributed by atoms with Crippen molar-refractivity contribution < 1.29 is 0 Å². The maximum atomic E-state index is 8.80. The first-order valence-corrected chi connectivity index (χ1v) is 4.29. The Bertz CT molecular complexity index is 218. The maximum absolute atomic E-state index is 8.80. The highest BCUT2D eigenvalue weighted by Crippen LogP contribution is 2.35. The summed E-state index contributed by atoms with van der Waals surface area (Å²) < 4.78 is 0. The summed E-state index contributed by atoms with van der Waals surface area (Å²) in [5.41, 5.74) is 2.44. The van der Waals surface area contributed by atoms with Gasteiger partial charge in [-0.25, -0.2) is 0 Å². The second kappa shape index (κ2) is 3.09. The molecule has 60 valence electrons. The fourth-order valence-corrected chi connectivity index (χ4v) is 2.00. The molecule has 0 saturated heterocycles. The summed E-state index contributed by atoms with van der Waals surface area (Å²) >= 11 is 0. The van der Waals surface area contributed by atoms with Crippen LogP contribution in [0.5, 0.6) is 0 Å². The Balaban J connectivity index is 2.92. The van der Waals surface area contributed by atoms with Gasteiger partial charge in [-0.3, -0.25) is 0 Å². The van der Waals surface area contributed by atoms with Crippen molar-refractivity contribution in [2.45, 2.75) is 33.6 Å². The van der Waals surface area contributed by atoms with Crippen LogP contribution in [-0.4, -0.2) is 0 Å². The Hall–Kier alpha value is -0.770. The summed E-state index contributed by atoms with van der Waals surface area (Å²) in [6, 6.07) is 2.31. The van der Waals surface area contributed by atoms with Crippen LogP contribution >= 0.6 is 0 Å². The molecule has 1 atom stereocenters. The van der Waals surface area contributed by atoms with Crippen LogP contribution in [0.2, 0.25) is 0 Å². The van der Waals surface area contributed by atoms with Gasteiger partial charge in [0.15, 0.2) is 0 Å². The third kappa shape index (κ3) is 1.45. The standard InChI is InChI=1S/C10H15N/c1-7(2)10-8(3)4-5-9(10)6-11/h7-8H,4-5H2,1-3H3. The fraction of sp³-hybridized carbons (Fsp3) is 0.700. The Morgan fingerprint density at radius 3 is 2.55 bits per heavy atom. The smallest absolute Gasteiger partial charge is 0.0946 e. The van der Waals surface area contributed by atoms with Crippen molar-refractivity contribution >= 4 is 0 Å². The van der Waals surface area contributed by atoms with Gasteiger partial charge in [-0.05, 0) is 24.7 Å². The Labute approximate surface area is 68.7 Å². The summed E-state index contributed by atoms with van der Waals surface area (Å²) in [5.74, 6) is 1.20. The van der Waals surface area contributed by atoms with Crippen LogP contribution in [0.4, 0.5) is 0 Å². The lowest BCUT2D eigenvalue weighted by atomic mass is 9.93. The van der Waals surface area contributed by atoms with Crippen LogP contribution in [0.15, 0.2) is 11.1 Å². The Kier molecular flexibility index (Phi) is 2.34. The molecular weight excluding hydrogens is 134 g/mol. The number of allylic oxidation sites excluding steroid dienone is 2. The predicted molar refractivity (Wildman–Crippen MR) is 45.9 cm³/mol. The second-order valence-electron chi connectivity index (χ2n) is 3.64. The van der Waals surface area contributed by atoms with Gasteiger partial charge in [0.1, 0.15) is 0 Å². The molecule has 0 aromatic rings. The summed E-state index contributed by atoms with van der Waals surface area (Å²) in [6.07, 6.45) is 2.18. The number of rotatable bonds is 1. The number of nitrogens with zero attached hydrogens (tertiary/aromatic N) is 1. The van der Waals surface area contributed by atoms with E-state index in [2.05, 4.69) is 26.8 Å². The highest BCUT2D eigenvalue weighted by atomic mass is 14.3. The molecule has 1 rings (SSSR count). The second-order valence-corrected chi connectivity index (χ2v) is 3.64. The minimum Gasteiger partial charge on any atom is -0.193 e. The lowest BCUT2D eigenvalue weighted by Gasteiger charge is -2.12. The van der Waals surface area contributed by atoms with Gasteiger partial charge in [-0.1, -0.05) is 26.3 Å². The van der Waals surface area contributed by atoms with Crippen LogP contribution in [0.1, 0.15) is 33.6 Å². The van der Waals surface area contributed by atoms with Gasteiger partial charge < -0.3 is 0 Å². The number of hydrogen-bond acceptors (Lipinski definition) is 1. The third-order valence-electron chi connectivity index (χ3n) is 2.46. The van der Waals surface area contributed by atoms with E-state index in [0.29, 0.717) is 11.8 Å². The highest BCUT2D eigenvalue weighted by Gasteiger charge is 2.23. The molecule has 0 heterocycles. The minimum atomic E-state index is 0.558. The summed E-state index contributed by atoms with van der Waals surface area (Å²) in [6.45, 7) is 6.57. The molecular formula is C10H15N. The molecule has 0 amide bonds. The molecule has 1 aliphatic rings. The van der Waals surface area contributed by atoms with Crippen LogP contribution in [0.25, 0.3) is 0 Å². The summed E-state index contributed by atoms with van der Waals surface area (Å²) in [7, 11) is 0. The normalized spacial score (nSPS) is 24.5. The van der Waals surface area contributed by atoms with Gasteiger partial charge in [0.05, 0.1) is 6.07 Å². The van der Waals surface area contributed by atoms with E-state index < -0.39 is 0 Å². The van der Waals surface area contributed by atoms with Crippen molar-refractivity contribution in [3.8, 4) is 6.07 Å². The molecule has 0 radical (unpaired) electrons. The molecule has 1 unspecified atom stereocenters. The molecule has 0 aromatic heterocycles. The van der Waals surface area contributed by atoms with E-state index in [1.807, 2.05) is 0 Å². The molecule has 0 aromatic carbocycles. The molecule has 1 nitrogen and oxygen atoms in total. The lowest BCUT2D eigenvalue weighted by molar-refractivity contribution is 0.591. The van der Waals surface area contributed by atoms with Crippen molar-refractivity contribution in [1.29, 1.82) is 5.26 Å². The van der Waals surface area contributed by atoms with Crippen molar-refractivity contribution in [2.75, 3.05) is 0 Å². The zero-order valence-corrected chi connectivity index (χ0v) is 7.52. The van der Waals surface area contributed by atoms with Gasteiger partial charge in [0, 0.05) is 5.57 Å². The van der Waals surface area contributed by atoms with Gasteiger partial charge in [-0.15, -0.1) is 0 Å². The van der Waals surface area contributed by atoms with Crippen molar-refractivity contribution in [3.63, 3.8) is 0 Å². The monoisotopic (exact) mass is 149 g/mol. The molecule has 0 saturated carbocycles. The van der Waals surface area contributed by atoms with Crippen LogP contribution < -0.4 is 0 Å². The minimum absolute atomic E-state index is 0.558. The maximum Gasteiger partial charge on any atom is 0.0946 e. The summed E-state index contributed by atoms with van der Waals surface area (Å²) in [5, 5.41) is 8.80.